The van der Waals surface area contributed by atoms with Crippen LogP contribution in [0.25, 0.3) is 0 Å². The first kappa shape index (κ1) is 15.9. The predicted molar refractivity (Wildman–Crippen MR) is 77.8 cm³/mol. The van der Waals surface area contributed by atoms with Gasteiger partial charge < -0.3 is 10.5 Å². The van der Waals surface area contributed by atoms with E-state index in [4.69, 9.17) is 10.5 Å². The van der Waals surface area contributed by atoms with Crippen molar-refractivity contribution in [2.75, 3.05) is 26.7 Å². The van der Waals surface area contributed by atoms with E-state index in [9.17, 15) is 0 Å². The molecule has 1 rings (SSSR count). The van der Waals surface area contributed by atoms with E-state index >= 15 is 0 Å². The second-order valence-electron chi connectivity index (χ2n) is 6.34. The molecule has 1 fully saturated rings. The van der Waals surface area contributed by atoms with Crippen molar-refractivity contribution in [1.29, 1.82) is 0 Å². The van der Waals surface area contributed by atoms with Gasteiger partial charge in [-0.2, -0.15) is 0 Å². The molecule has 3 heteroatoms. The van der Waals surface area contributed by atoms with E-state index in [-0.39, 0.29) is 11.1 Å². The number of piperidine rings is 1. The number of hydrogen-bond acceptors (Lipinski definition) is 3. The first-order chi connectivity index (χ1) is 8.49. The van der Waals surface area contributed by atoms with Gasteiger partial charge in [0.2, 0.25) is 0 Å². The molecule has 1 aliphatic heterocycles. The summed E-state index contributed by atoms with van der Waals surface area (Å²) in [7, 11) is 1.83. The fourth-order valence-corrected chi connectivity index (χ4v) is 2.98. The molecule has 0 aromatic heterocycles. The number of nitrogens with two attached hydrogens (primary N) is 1. The maximum atomic E-state index is 6.07. The van der Waals surface area contributed by atoms with E-state index in [1.165, 1.54) is 38.6 Å². The van der Waals surface area contributed by atoms with E-state index < -0.39 is 0 Å². The molecule has 0 amide bonds. The quantitative estimate of drug-likeness (QED) is 0.712. The van der Waals surface area contributed by atoms with Crippen LogP contribution in [0.5, 0.6) is 0 Å². The second-order valence-corrected chi connectivity index (χ2v) is 6.34. The maximum Gasteiger partial charge on any atom is 0.0777 e. The number of unbranched alkanes of at least 4 members (excludes halogenated alkanes) is 2. The average molecular weight is 256 g/mol. The topological polar surface area (TPSA) is 38.5 Å². The molecule has 18 heavy (non-hydrogen) atoms. The van der Waals surface area contributed by atoms with E-state index in [0.717, 1.165) is 19.5 Å². The van der Waals surface area contributed by atoms with E-state index in [1.807, 2.05) is 7.11 Å². The van der Waals surface area contributed by atoms with Gasteiger partial charge >= 0.3 is 0 Å². The number of nitrogens with zero attached hydrogens (tertiary/aromatic N) is 1. The minimum atomic E-state index is 0.0133. The summed E-state index contributed by atoms with van der Waals surface area (Å²) in [5.41, 5.74) is 6.23. The Morgan fingerprint density at radius 3 is 2.67 bits per heavy atom. The lowest BCUT2D eigenvalue weighted by Gasteiger charge is -2.48. The van der Waals surface area contributed by atoms with Gasteiger partial charge in [0.05, 0.1) is 5.60 Å². The zero-order chi connectivity index (χ0) is 13.6. The Hall–Kier alpha value is -0.120. The van der Waals surface area contributed by atoms with Crippen LogP contribution in [0.3, 0.4) is 0 Å². The molecule has 1 aliphatic rings. The molecule has 108 valence electrons. The molecule has 0 spiro atoms. The fourth-order valence-electron chi connectivity index (χ4n) is 2.98. The van der Waals surface area contributed by atoms with Crippen LogP contribution in [0, 0.1) is 0 Å². The first-order valence-electron chi connectivity index (χ1n) is 7.50. The number of ether oxygens (including phenoxy) is 1. The standard InChI is InChI=1S/C15H32N2O/c1-5-6-7-9-14(2,12-16)17-11-8-10-15(3,13-17)18-4/h5-13,16H2,1-4H3. The summed E-state index contributed by atoms with van der Waals surface area (Å²) in [4.78, 5) is 2.57. The van der Waals surface area contributed by atoms with Gasteiger partial charge in [-0.1, -0.05) is 26.2 Å². The highest BCUT2D eigenvalue weighted by Crippen LogP contribution is 2.31. The lowest BCUT2D eigenvalue weighted by Crippen LogP contribution is -2.59. The summed E-state index contributed by atoms with van der Waals surface area (Å²) in [6.07, 6.45) is 7.45. The predicted octanol–water partition coefficient (Wildman–Crippen LogP) is 2.79. The zero-order valence-electron chi connectivity index (χ0n) is 12.8. The summed E-state index contributed by atoms with van der Waals surface area (Å²) in [5.74, 6) is 0. The van der Waals surface area contributed by atoms with Gasteiger partial charge in [0.15, 0.2) is 0 Å². The van der Waals surface area contributed by atoms with Crippen molar-refractivity contribution in [3.05, 3.63) is 0 Å². The Morgan fingerprint density at radius 1 is 1.39 bits per heavy atom. The largest absolute Gasteiger partial charge is 0.377 e. The number of methoxy groups -OCH3 is 1. The summed E-state index contributed by atoms with van der Waals surface area (Å²) < 4.78 is 5.69. The minimum absolute atomic E-state index is 0.0133. The monoisotopic (exact) mass is 256 g/mol. The lowest BCUT2D eigenvalue weighted by atomic mass is 9.86. The van der Waals surface area contributed by atoms with Crippen LogP contribution in [0.15, 0.2) is 0 Å². The third-order valence-corrected chi connectivity index (χ3v) is 4.67. The van der Waals surface area contributed by atoms with Crippen LogP contribution in [-0.4, -0.2) is 42.8 Å². The van der Waals surface area contributed by atoms with Crippen molar-refractivity contribution in [2.45, 2.75) is 70.4 Å². The van der Waals surface area contributed by atoms with E-state index in [2.05, 4.69) is 25.7 Å². The number of rotatable bonds is 7. The second kappa shape index (κ2) is 6.88. The molecule has 3 nitrogen and oxygen atoms in total. The molecule has 0 saturated carbocycles. The van der Waals surface area contributed by atoms with Gasteiger partial charge in [0.25, 0.3) is 0 Å². The molecular weight excluding hydrogens is 224 g/mol. The molecule has 1 heterocycles. The Bertz CT molecular complexity index is 247. The van der Waals surface area contributed by atoms with Gasteiger partial charge in [0, 0.05) is 25.7 Å². The van der Waals surface area contributed by atoms with Crippen molar-refractivity contribution in [3.63, 3.8) is 0 Å². The van der Waals surface area contributed by atoms with Crippen LogP contribution in [0.4, 0.5) is 0 Å². The van der Waals surface area contributed by atoms with Crippen LogP contribution < -0.4 is 5.73 Å². The minimum Gasteiger partial charge on any atom is -0.377 e. The number of hydrogen-bond donors (Lipinski definition) is 1. The molecule has 2 N–H and O–H groups in total. The maximum absolute atomic E-state index is 6.07. The Morgan fingerprint density at radius 2 is 2.11 bits per heavy atom. The van der Waals surface area contributed by atoms with Crippen molar-refractivity contribution < 1.29 is 4.74 Å². The fraction of sp³-hybridized carbons (Fsp3) is 1.00. The molecule has 2 unspecified atom stereocenters. The molecule has 1 saturated heterocycles. The summed E-state index contributed by atoms with van der Waals surface area (Å²) in [5, 5.41) is 0. The van der Waals surface area contributed by atoms with E-state index in [0.29, 0.717) is 0 Å². The van der Waals surface area contributed by atoms with Crippen LogP contribution in [0.2, 0.25) is 0 Å². The molecule has 0 aliphatic carbocycles. The van der Waals surface area contributed by atoms with Crippen molar-refractivity contribution in [1.82, 2.24) is 4.90 Å². The Kier molecular flexibility index (Phi) is 6.09. The summed E-state index contributed by atoms with van der Waals surface area (Å²) in [6, 6.07) is 0. The van der Waals surface area contributed by atoms with Gasteiger partial charge in [-0.3, -0.25) is 4.90 Å². The van der Waals surface area contributed by atoms with E-state index in [1.54, 1.807) is 0 Å². The third kappa shape index (κ3) is 3.94. The summed E-state index contributed by atoms with van der Waals surface area (Å²) in [6.45, 7) is 9.73. The van der Waals surface area contributed by atoms with Gasteiger partial charge in [-0.25, -0.2) is 0 Å². The first-order valence-corrected chi connectivity index (χ1v) is 7.50. The number of likely N-dealkylation sites (tertiary alicyclic amines) is 1. The van der Waals surface area contributed by atoms with Gasteiger partial charge in [-0.05, 0) is 39.7 Å². The lowest BCUT2D eigenvalue weighted by molar-refractivity contribution is -0.0785. The summed E-state index contributed by atoms with van der Waals surface area (Å²) >= 11 is 0. The van der Waals surface area contributed by atoms with Crippen molar-refractivity contribution >= 4 is 0 Å². The van der Waals surface area contributed by atoms with Crippen molar-refractivity contribution in [2.24, 2.45) is 5.73 Å². The van der Waals surface area contributed by atoms with Gasteiger partial charge in [-0.15, -0.1) is 0 Å². The Labute approximate surface area is 113 Å². The highest BCUT2D eigenvalue weighted by Gasteiger charge is 2.38. The van der Waals surface area contributed by atoms with Crippen molar-refractivity contribution in [3.8, 4) is 0 Å². The van der Waals surface area contributed by atoms with Gasteiger partial charge in [0.1, 0.15) is 0 Å². The highest BCUT2D eigenvalue weighted by molar-refractivity contribution is 4.94. The Balaban J connectivity index is 2.62. The smallest absolute Gasteiger partial charge is 0.0777 e. The zero-order valence-corrected chi connectivity index (χ0v) is 12.8. The van der Waals surface area contributed by atoms with Crippen LogP contribution in [-0.2, 0) is 4.74 Å². The normalized spacial score (nSPS) is 29.2. The third-order valence-electron chi connectivity index (χ3n) is 4.67. The average Bonchev–Trinajstić information content (AvgIpc) is 2.39. The SMILES string of the molecule is CCCCCC(C)(CN)N1CCCC(C)(OC)C1. The highest BCUT2D eigenvalue weighted by atomic mass is 16.5. The molecule has 0 aromatic rings. The van der Waals surface area contributed by atoms with Crippen LogP contribution >= 0.6 is 0 Å². The van der Waals surface area contributed by atoms with Crippen LogP contribution in [0.1, 0.15) is 59.3 Å². The molecular formula is C15H32N2O. The molecule has 2 atom stereocenters. The molecule has 0 radical (unpaired) electrons. The molecule has 0 bridgehead atoms. The molecule has 0 aromatic carbocycles.